The minimum Gasteiger partial charge on any atom is -0.369 e. The van der Waals surface area contributed by atoms with Gasteiger partial charge in [-0.25, -0.2) is 14.4 Å². The Hall–Kier alpha value is -4.83. The average Bonchev–Trinajstić information content (AvgIpc) is 2.94. The zero-order chi connectivity index (χ0) is 28.2. The maximum atomic E-state index is 15.2. The maximum absolute atomic E-state index is 15.2. The normalized spacial score (nSPS) is 13.7. The van der Waals surface area contributed by atoms with E-state index in [4.69, 9.17) is 10.7 Å². The van der Waals surface area contributed by atoms with Crippen molar-refractivity contribution in [2.24, 2.45) is 5.73 Å². The van der Waals surface area contributed by atoms with Crippen molar-refractivity contribution in [1.82, 2.24) is 14.9 Å². The summed E-state index contributed by atoms with van der Waals surface area (Å²) in [5.74, 6) is -1.05. The van der Waals surface area contributed by atoms with Crippen LogP contribution in [0.2, 0.25) is 0 Å². The molecule has 0 spiro atoms. The molecule has 1 saturated heterocycles. The van der Waals surface area contributed by atoms with Gasteiger partial charge in [0.25, 0.3) is 0 Å². The second-order valence-electron chi connectivity index (χ2n) is 9.73. The molecule has 9 nitrogen and oxygen atoms in total. The minimum absolute atomic E-state index is 0.0103. The number of benzene rings is 3. The molecule has 4 N–H and O–H groups in total. The van der Waals surface area contributed by atoms with Crippen LogP contribution in [0.5, 0.6) is 0 Å². The van der Waals surface area contributed by atoms with E-state index in [0.29, 0.717) is 22.3 Å². The highest BCUT2D eigenvalue weighted by Crippen LogP contribution is 2.34. The topological polar surface area (TPSA) is 116 Å². The molecule has 4 aromatic rings. The van der Waals surface area contributed by atoms with Gasteiger partial charge in [-0.3, -0.25) is 9.59 Å². The predicted molar refractivity (Wildman–Crippen MR) is 156 cm³/mol. The third-order valence-electron chi connectivity index (χ3n) is 6.88. The van der Waals surface area contributed by atoms with Gasteiger partial charge in [-0.15, -0.1) is 0 Å². The van der Waals surface area contributed by atoms with Crippen molar-refractivity contribution in [3.8, 4) is 11.1 Å². The Morgan fingerprint density at radius 1 is 1.10 bits per heavy atom. The van der Waals surface area contributed by atoms with Crippen molar-refractivity contribution >= 4 is 45.7 Å². The second kappa shape index (κ2) is 11.5. The van der Waals surface area contributed by atoms with E-state index < -0.39 is 11.7 Å². The Balaban J connectivity index is 1.51. The van der Waals surface area contributed by atoms with Gasteiger partial charge in [0.1, 0.15) is 5.82 Å². The van der Waals surface area contributed by atoms with Gasteiger partial charge in [0.05, 0.1) is 17.6 Å². The molecule has 0 unspecified atom stereocenters. The van der Waals surface area contributed by atoms with Gasteiger partial charge in [-0.2, -0.15) is 0 Å². The molecule has 1 aliphatic rings. The van der Waals surface area contributed by atoms with Crippen LogP contribution in [0, 0.1) is 5.82 Å². The number of hydrogen-bond acceptors (Lipinski definition) is 7. The van der Waals surface area contributed by atoms with Crippen LogP contribution in [0.25, 0.3) is 22.0 Å². The second-order valence-corrected chi connectivity index (χ2v) is 9.73. The van der Waals surface area contributed by atoms with Gasteiger partial charge in [0, 0.05) is 54.7 Å². The molecule has 0 saturated carbocycles. The highest BCUT2D eigenvalue weighted by Gasteiger charge is 2.18. The highest BCUT2D eigenvalue weighted by atomic mass is 19.1. The number of anilines is 4. The molecule has 204 valence electrons. The molecular formula is C30H30FN7O2. The lowest BCUT2D eigenvalue weighted by Crippen LogP contribution is -2.44. The lowest BCUT2D eigenvalue weighted by Gasteiger charge is -2.34. The highest BCUT2D eigenvalue weighted by molar-refractivity contribution is 6.01. The summed E-state index contributed by atoms with van der Waals surface area (Å²) >= 11 is 0. The van der Waals surface area contributed by atoms with E-state index in [1.165, 1.54) is 12.1 Å². The van der Waals surface area contributed by atoms with Crippen molar-refractivity contribution in [3.05, 3.63) is 84.8 Å². The van der Waals surface area contributed by atoms with E-state index in [0.717, 1.165) is 42.8 Å². The molecule has 3 aromatic carbocycles. The number of nitrogens with two attached hydrogens (primary N) is 1. The number of hydrogen-bond donors (Lipinski definition) is 3. The molecule has 0 radical (unpaired) electrons. The van der Waals surface area contributed by atoms with Gasteiger partial charge in [0.15, 0.2) is 0 Å². The number of likely N-dealkylation sites (N-methyl/N-ethyl adjacent to an activating group) is 1. The van der Waals surface area contributed by atoms with Gasteiger partial charge >= 0.3 is 0 Å². The van der Waals surface area contributed by atoms with Crippen molar-refractivity contribution in [2.45, 2.75) is 6.42 Å². The van der Waals surface area contributed by atoms with Gasteiger partial charge in [-0.05, 0) is 54.6 Å². The number of carbonyl (C=O) groups excluding carboxylic acids is 2. The first-order valence-electron chi connectivity index (χ1n) is 12.9. The Morgan fingerprint density at radius 3 is 2.62 bits per heavy atom. The summed E-state index contributed by atoms with van der Waals surface area (Å²) in [6.45, 7) is 7.02. The number of halogens is 1. The number of piperazine rings is 1. The van der Waals surface area contributed by atoms with Crippen LogP contribution in [-0.2, 0) is 16.0 Å². The molecule has 1 aliphatic heterocycles. The third-order valence-corrected chi connectivity index (χ3v) is 6.88. The summed E-state index contributed by atoms with van der Waals surface area (Å²) in [6, 6.07) is 15.9. The summed E-state index contributed by atoms with van der Waals surface area (Å²) in [7, 11) is 2.08. The molecule has 0 bridgehead atoms. The molecule has 2 amide bonds. The molecule has 40 heavy (non-hydrogen) atoms. The lowest BCUT2D eigenvalue weighted by molar-refractivity contribution is -0.117. The zero-order valence-corrected chi connectivity index (χ0v) is 22.2. The Labute approximate surface area is 231 Å². The van der Waals surface area contributed by atoms with Crippen molar-refractivity contribution in [2.75, 3.05) is 48.8 Å². The van der Waals surface area contributed by atoms with Crippen molar-refractivity contribution in [1.29, 1.82) is 0 Å². The zero-order valence-electron chi connectivity index (χ0n) is 22.2. The first-order chi connectivity index (χ1) is 19.3. The summed E-state index contributed by atoms with van der Waals surface area (Å²) in [5.41, 5.74) is 9.80. The fraction of sp³-hybridized carbons (Fsp3) is 0.200. The molecule has 10 heteroatoms. The van der Waals surface area contributed by atoms with Crippen molar-refractivity contribution < 1.29 is 14.0 Å². The van der Waals surface area contributed by atoms with E-state index in [1.807, 2.05) is 24.3 Å². The number of rotatable bonds is 8. The number of fused-ring (bicyclic) bond motifs is 1. The number of amides is 2. The maximum Gasteiger partial charge on any atom is 0.247 e. The summed E-state index contributed by atoms with van der Waals surface area (Å²) in [5, 5.41) is 6.47. The van der Waals surface area contributed by atoms with Crippen LogP contribution in [0.4, 0.5) is 27.4 Å². The van der Waals surface area contributed by atoms with E-state index in [-0.39, 0.29) is 24.0 Å². The summed E-state index contributed by atoms with van der Waals surface area (Å²) in [6.07, 6.45) is 2.82. The van der Waals surface area contributed by atoms with Gasteiger partial charge < -0.3 is 26.2 Å². The van der Waals surface area contributed by atoms with Crippen LogP contribution < -0.4 is 21.3 Å². The van der Waals surface area contributed by atoms with Crippen LogP contribution in [0.1, 0.15) is 5.56 Å². The van der Waals surface area contributed by atoms with E-state index in [2.05, 4.69) is 39.0 Å². The fourth-order valence-corrected chi connectivity index (χ4v) is 4.79. The van der Waals surface area contributed by atoms with Gasteiger partial charge in [0.2, 0.25) is 17.8 Å². The largest absolute Gasteiger partial charge is 0.369 e. The van der Waals surface area contributed by atoms with E-state index >= 15 is 4.39 Å². The summed E-state index contributed by atoms with van der Waals surface area (Å²) in [4.78, 5) is 37.3. The lowest BCUT2D eigenvalue weighted by atomic mass is 9.94. The Morgan fingerprint density at radius 2 is 1.90 bits per heavy atom. The minimum atomic E-state index is -0.494. The molecule has 1 fully saturated rings. The van der Waals surface area contributed by atoms with Crippen LogP contribution in [0.3, 0.4) is 0 Å². The van der Waals surface area contributed by atoms with E-state index in [1.54, 1.807) is 30.5 Å². The number of carbonyl (C=O) groups is 2. The SMILES string of the molecule is C=CC(=O)Nc1cccc(-c2c(CC(N)=O)ccc3cnc(Nc4ccc(N5CCN(C)CC5)cc4F)nc23)c1. The smallest absolute Gasteiger partial charge is 0.247 e. The van der Waals surface area contributed by atoms with Crippen LogP contribution in [-0.4, -0.2) is 59.9 Å². The molecule has 0 aliphatic carbocycles. The number of nitrogens with zero attached hydrogens (tertiary/aromatic N) is 4. The number of primary amides is 1. The van der Waals surface area contributed by atoms with E-state index in [9.17, 15) is 9.59 Å². The fourth-order valence-electron chi connectivity index (χ4n) is 4.79. The van der Waals surface area contributed by atoms with Crippen LogP contribution in [0.15, 0.2) is 73.4 Å². The quantitative estimate of drug-likeness (QED) is 0.289. The van der Waals surface area contributed by atoms with Crippen LogP contribution >= 0.6 is 0 Å². The van der Waals surface area contributed by atoms with Crippen molar-refractivity contribution in [3.63, 3.8) is 0 Å². The summed E-state index contributed by atoms with van der Waals surface area (Å²) < 4.78 is 15.2. The number of aromatic nitrogens is 2. The molecular weight excluding hydrogens is 509 g/mol. The Kier molecular flexibility index (Phi) is 7.70. The molecule has 1 aromatic heterocycles. The monoisotopic (exact) mass is 539 g/mol. The molecule has 0 atom stereocenters. The molecule has 5 rings (SSSR count). The average molecular weight is 540 g/mol. The number of nitrogens with one attached hydrogen (secondary N) is 2. The predicted octanol–water partition coefficient (Wildman–Crippen LogP) is 4.08. The first-order valence-corrected chi connectivity index (χ1v) is 12.9. The standard InChI is InChI=1S/C30H30FN7O2/c1-3-27(40)34-22-6-4-5-19(15-22)28-20(16-26(32)39)7-8-21-18-33-30(36-29(21)28)35-25-10-9-23(17-24(25)31)38-13-11-37(2)12-14-38/h3-10,15,17-18H,1,11-14,16H2,2H3,(H2,32,39)(H,34,40)(H,33,35,36). The molecule has 2 heterocycles. The van der Waals surface area contributed by atoms with Gasteiger partial charge in [-0.1, -0.05) is 30.8 Å². The Bertz CT molecular complexity index is 1600. The first kappa shape index (κ1) is 26.8. The third kappa shape index (κ3) is 5.92.